The smallest absolute Gasteiger partial charge is 0.443 e. The highest BCUT2D eigenvalue weighted by molar-refractivity contribution is 7.90. The molecule has 0 saturated heterocycles. The Hall–Kier alpha value is -1.51. The van der Waals surface area contributed by atoms with Crippen LogP contribution in [0.5, 0.6) is 0 Å². The second-order valence-corrected chi connectivity index (χ2v) is 8.42. The molecular weight excluding hydrogens is 300 g/mol. The number of hydrogen-bond donors (Lipinski definition) is 1. The molecule has 0 radical (unpaired) electrons. The highest BCUT2D eigenvalue weighted by Crippen LogP contribution is 2.20. The maximum Gasteiger partial charge on any atom is 0.443 e. The van der Waals surface area contributed by atoms with Crippen LogP contribution in [0.3, 0.4) is 0 Å². The zero-order valence-electron chi connectivity index (χ0n) is 13.5. The molecule has 0 unspecified atom stereocenters. The minimum atomic E-state index is -4.17. The van der Waals surface area contributed by atoms with Crippen LogP contribution in [0.1, 0.15) is 48.5 Å². The molecule has 0 aliphatic carbocycles. The summed E-state index contributed by atoms with van der Waals surface area (Å²) in [6, 6.07) is 0. The number of amides is 2. The van der Waals surface area contributed by atoms with Crippen molar-refractivity contribution in [3.8, 4) is 0 Å². The molecule has 0 aromatic heterocycles. The van der Waals surface area contributed by atoms with Crippen molar-refractivity contribution in [1.82, 2.24) is 9.84 Å². The fourth-order valence-electron chi connectivity index (χ4n) is 1.05. The monoisotopic (exact) mass is 324 g/mol. The zero-order chi connectivity index (χ0) is 17.0. The Morgan fingerprint density at radius 2 is 1.43 bits per heavy atom. The van der Waals surface area contributed by atoms with Gasteiger partial charge in [-0.05, 0) is 48.5 Å². The average Bonchev–Trinajstić information content (AvgIpc) is 2.21. The molecule has 2 amide bonds. The molecule has 0 bridgehead atoms. The molecule has 0 spiro atoms. The van der Waals surface area contributed by atoms with Crippen LogP contribution >= 0.6 is 0 Å². The van der Waals surface area contributed by atoms with Gasteiger partial charge in [0.2, 0.25) is 0 Å². The third-order valence-corrected chi connectivity index (χ3v) is 4.32. The number of rotatable bonds is 3. The van der Waals surface area contributed by atoms with Crippen molar-refractivity contribution in [3.05, 3.63) is 0 Å². The molecule has 0 atom stereocenters. The van der Waals surface area contributed by atoms with Gasteiger partial charge >= 0.3 is 12.2 Å². The van der Waals surface area contributed by atoms with Gasteiger partial charge in [0.15, 0.2) is 0 Å². The molecule has 0 saturated carbocycles. The molecule has 0 fully saturated rings. The van der Waals surface area contributed by atoms with Crippen molar-refractivity contribution in [3.63, 3.8) is 0 Å². The Morgan fingerprint density at radius 1 is 1.00 bits per heavy atom. The molecule has 0 aliphatic rings. The first-order valence-electron chi connectivity index (χ1n) is 6.51. The predicted molar refractivity (Wildman–Crippen MR) is 76.9 cm³/mol. The average molecular weight is 324 g/mol. The minimum absolute atomic E-state index is 0.178. The summed E-state index contributed by atoms with van der Waals surface area (Å²) >= 11 is 0. The number of nitrogens with zero attached hydrogens (tertiary/aromatic N) is 1. The lowest BCUT2D eigenvalue weighted by molar-refractivity contribution is 0.0709. The molecule has 21 heavy (non-hydrogen) atoms. The second-order valence-electron chi connectivity index (χ2n) is 5.88. The molecule has 8 nitrogen and oxygen atoms in total. The SMILES string of the molecule is CC(C)OC(=O)NN(C(=O)OC(C)C)S(=O)(=O)C(C)(C)C. The van der Waals surface area contributed by atoms with Crippen LogP contribution < -0.4 is 5.43 Å². The van der Waals surface area contributed by atoms with Gasteiger partial charge in [-0.25, -0.2) is 23.4 Å². The lowest BCUT2D eigenvalue weighted by Crippen LogP contribution is -2.55. The Labute approximate surface area is 125 Å². The van der Waals surface area contributed by atoms with E-state index in [1.165, 1.54) is 20.8 Å². The summed E-state index contributed by atoms with van der Waals surface area (Å²) in [5.74, 6) is 0. The van der Waals surface area contributed by atoms with Crippen molar-refractivity contribution >= 4 is 22.2 Å². The van der Waals surface area contributed by atoms with Crippen LogP contribution in [0.2, 0.25) is 0 Å². The molecule has 0 rings (SSSR count). The molecule has 9 heteroatoms. The molecular formula is C12H24N2O6S. The van der Waals surface area contributed by atoms with E-state index in [0.717, 1.165) is 0 Å². The standard InChI is InChI=1S/C12H24N2O6S/c1-8(2)19-10(15)13-14(11(16)20-9(3)4)21(17,18)12(5,6)7/h8-9H,1-7H3,(H,13,15). The summed E-state index contributed by atoms with van der Waals surface area (Å²) in [4.78, 5) is 23.5. The molecule has 124 valence electrons. The van der Waals surface area contributed by atoms with Crippen molar-refractivity contribution < 1.29 is 27.5 Å². The summed E-state index contributed by atoms with van der Waals surface area (Å²) in [6.45, 7) is 10.5. The van der Waals surface area contributed by atoms with E-state index < -0.39 is 39.2 Å². The van der Waals surface area contributed by atoms with Crippen molar-refractivity contribution in [2.24, 2.45) is 0 Å². The zero-order valence-corrected chi connectivity index (χ0v) is 14.3. The van der Waals surface area contributed by atoms with Crippen molar-refractivity contribution in [2.75, 3.05) is 0 Å². The van der Waals surface area contributed by atoms with E-state index in [1.807, 2.05) is 5.43 Å². The molecule has 0 aliphatic heterocycles. The topological polar surface area (TPSA) is 102 Å². The third-order valence-electron chi connectivity index (χ3n) is 2.05. The Bertz CT molecular complexity index is 478. The Morgan fingerprint density at radius 3 is 1.76 bits per heavy atom. The summed E-state index contributed by atoms with van der Waals surface area (Å²) < 4.78 is 33.2. The first kappa shape index (κ1) is 19.5. The van der Waals surface area contributed by atoms with Crippen LogP contribution in [0.15, 0.2) is 0 Å². The number of carbonyl (C=O) groups is 2. The Kier molecular flexibility index (Phi) is 6.47. The number of nitrogens with one attached hydrogen (secondary N) is 1. The highest BCUT2D eigenvalue weighted by Gasteiger charge is 2.41. The van der Waals surface area contributed by atoms with E-state index >= 15 is 0 Å². The Balaban J connectivity index is 5.40. The minimum Gasteiger partial charge on any atom is -0.446 e. The summed E-state index contributed by atoms with van der Waals surface area (Å²) in [5.41, 5.74) is 1.91. The van der Waals surface area contributed by atoms with Gasteiger partial charge in [0.1, 0.15) is 0 Å². The van der Waals surface area contributed by atoms with Gasteiger partial charge in [0, 0.05) is 0 Å². The number of ether oxygens (including phenoxy) is 2. The van der Waals surface area contributed by atoms with E-state index in [-0.39, 0.29) is 4.41 Å². The van der Waals surface area contributed by atoms with Crippen LogP contribution in [-0.4, -0.2) is 42.0 Å². The lowest BCUT2D eigenvalue weighted by atomic mass is 10.3. The molecule has 0 heterocycles. The van der Waals surface area contributed by atoms with Crippen molar-refractivity contribution in [1.29, 1.82) is 0 Å². The molecule has 0 aromatic rings. The lowest BCUT2D eigenvalue weighted by Gasteiger charge is -2.29. The fourth-order valence-corrected chi connectivity index (χ4v) is 2.03. The second kappa shape index (κ2) is 6.97. The quantitative estimate of drug-likeness (QED) is 0.797. The summed E-state index contributed by atoms with van der Waals surface area (Å²) in [5, 5.41) is 0. The number of sulfonamides is 1. The van der Waals surface area contributed by atoms with Gasteiger partial charge in [-0.3, -0.25) is 0 Å². The first-order valence-corrected chi connectivity index (χ1v) is 7.95. The number of hydrazine groups is 1. The van der Waals surface area contributed by atoms with E-state index in [4.69, 9.17) is 9.47 Å². The largest absolute Gasteiger partial charge is 0.446 e. The van der Waals surface area contributed by atoms with Crippen LogP contribution in [0.25, 0.3) is 0 Å². The number of carbonyl (C=O) groups excluding carboxylic acids is 2. The highest BCUT2D eigenvalue weighted by atomic mass is 32.2. The van der Waals surface area contributed by atoms with Crippen LogP contribution in [-0.2, 0) is 19.5 Å². The van der Waals surface area contributed by atoms with Gasteiger partial charge < -0.3 is 9.47 Å². The summed E-state index contributed by atoms with van der Waals surface area (Å²) in [7, 11) is -4.17. The van der Waals surface area contributed by atoms with Gasteiger partial charge in [-0.2, -0.15) is 0 Å². The fraction of sp³-hybridized carbons (Fsp3) is 0.833. The maximum atomic E-state index is 12.4. The predicted octanol–water partition coefficient (Wildman–Crippen LogP) is 2.01. The van der Waals surface area contributed by atoms with Crippen LogP contribution in [0, 0.1) is 0 Å². The first-order chi connectivity index (χ1) is 9.29. The normalized spacial score (nSPS) is 12.2. The van der Waals surface area contributed by atoms with Gasteiger partial charge in [-0.1, -0.05) is 0 Å². The van der Waals surface area contributed by atoms with E-state index in [0.29, 0.717) is 0 Å². The van der Waals surface area contributed by atoms with Gasteiger partial charge in [0.25, 0.3) is 10.0 Å². The van der Waals surface area contributed by atoms with E-state index in [1.54, 1.807) is 27.7 Å². The third kappa shape index (κ3) is 5.78. The van der Waals surface area contributed by atoms with Crippen LogP contribution in [0.4, 0.5) is 9.59 Å². The van der Waals surface area contributed by atoms with E-state index in [9.17, 15) is 18.0 Å². The van der Waals surface area contributed by atoms with Gasteiger partial charge in [-0.15, -0.1) is 4.41 Å². The van der Waals surface area contributed by atoms with Gasteiger partial charge in [0.05, 0.1) is 17.0 Å². The van der Waals surface area contributed by atoms with E-state index in [2.05, 4.69) is 0 Å². The molecule has 0 aromatic carbocycles. The summed E-state index contributed by atoms with van der Waals surface area (Å²) in [6.07, 6.45) is -3.26. The van der Waals surface area contributed by atoms with Crippen molar-refractivity contribution in [2.45, 2.75) is 65.4 Å². The maximum absolute atomic E-state index is 12.4. The molecule has 1 N–H and O–H groups in total. The number of hydrogen-bond acceptors (Lipinski definition) is 6.